The molecule has 138 valence electrons. The second kappa shape index (κ2) is 8.66. The van der Waals surface area contributed by atoms with Gasteiger partial charge < -0.3 is 14.8 Å². The fraction of sp³-hybridized carbons (Fsp3) is 0.278. The molecule has 2 aromatic carbocycles. The van der Waals surface area contributed by atoms with Crippen LogP contribution >= 0.6 is 15.9 Å². The number of nitro benzene ring substituents is 1. The van der Waals surface area contributed by atoms with E-state index >= 15 is 0 Å². The van der Waals surface area contributed by atoms with Crippen LogP contribution in [0.5, 0.6) is 11.5 Å². The molecule has 26 heavy (non-hydrogen) atoms. The second-order valence-electron chi connectivity index (χ2n) is 5.36. The number of nitrogens with one attached hydrogen (secondary N) is 1. The molecule has 0 radical (unpaired) electrons. The van der Waals surface area contributed by atoms with Crippen molar-refractivity contribution in [3.8, 4) is 11.5 Å². The summed E-state index contributed by atoms with van der Waals surface area (Å²) in [6, 6.07) is 7.74. The minimum atomic E-state index is -0.481. The number of anilines is 1. The molecule has 0 spiro atoms. The van der Waals surface area contributed by atoms with Gasteiger partial charge in [0.05, 0.1) is 22.6 Å². The SMILES string of the molecule is CCOc1cc(C(=O)Nc2ccc(C)c([N+](=O)[O-])c2)cc(Br)c1OCC. The minimum absolute atomic E-state index is 0.0503. The first-order chi connectivity index (χ1) is 12.4. The number of hydrogen-bond acceptors (Lipinski definition) is 5. The quantitative estimate of drug-likeness (QED) is 0.514. The lowest BCUT2D eigenvalue weighted by Crippen LogP contribution is -2.13. The summed E-state index contributed by atoms with van der Waals surface area (Å²) in [4.78, 5) is 23.1. The van der Waals surface area contributed by atoms with Crippen LogP contribution < -0.4 is 14.8 Å². The van der Waals surface area contributed by atoms with Crippen molar-refractivity contribution >= 4 is 33.2 Å². The standard InChI is InChI=1S/C18H19BrN2O5/c1-4-25-16-9-12(8-14(19)17(16)26-5-2)18(22)20-13-7-6-11(3)15(10-13)21(23)24/h6-10H,4-5H2,1-3H3,(H,20,22). The molecule has 0 atom stereocenters. The number of benzene rings is 2. The number of nitrogens with zero attached hydrogens (tertiary/aromatic N) is 1. The molecule has 0 fully saturated rings. The third-order valence-electron chi connectivity index (χ3n) is 3.52. The molecule has 0 heterocycles. The van der Waals surface area contributed by atoms with Gasteiger partial charge in [-0.3, -0.25) is 14.9 Å². The summed E-state index contributed by atoms with van der Waals surface area (Å²) < 4.78 is 11.7. The molecule has 0 saturated heterocycles. The summed E-state index contributed by atoms with van der Waals surface area (Å²) in [5.41, 5.74) is 1.16. The molecule has 7 nitrogen and oxygen atoms in total. The van der Waals surface area contributed by atoms with Crippen LogP contribution in [0.3, 0.4) is 0 Å². The largest absolute Gasteiger partial charge is 0.490 e. The molecule has 0 saturated carbocycles. The molecule has 0 aliphatic rings. The number of amides is 1. The van der Waals surface area contributed by atoms with Gasteiger partial charge in [0.1, 0.15) is 0 Å². The number of ether oxygens (including phenoxy) is 2. The van der Waals surface area contributed by atoms with Gasteiger partial charge in [-0.15, -0.1) is 0 Å². The molecule has 0 aliphatic carbocycles. The first-order valence-electron chi connectivity index (χ1n) is 8.02. The Hall–Kier alpha value is -2.61. The summed E-state index contributed by atoms with van der Waals surface area (Å²) in [5.74, 6) is 0.563. The Morgan fingerprint density at radius 3 is 2.50 bits per heavy atom. The predicted molar refractivity (Wildman–Crippen MR) is 102 cm³/mol. The average Bonchev–Trinajstić information content (AvgIpc) is 2.59. The second-order valence-corrected chi connectivity index (χ2v) is 6.22. The van der Waals surface area contributed by atoms with E-state index in [0.29, 0.717) is 46.0 Å². The number of carbonyl (C=O) groups is 1. The molecule has 0 unspecified atom stereocenters. The summed E-state index contributed by atoms with van der Waals surface area (Å²) in [5, 5.41) is 13.7. The Morgan fingerprint density at radius 2 is 1.88 bits per heavy atom. The van der Waals surface area contributed by atoms with Gasteiger partial charge in [0.15, 0.2) is 11.5 Å². The van der Waals surface area contributed by atoms with E-state index in [1.54, 1.807) is 31.2 Å². The zero-order chi connectivity index (χ0) is 19.3. The van der Waals surface area contributed by atoms with Gasteiger partial charge in [-0.25, -0.2) is 0 Å². The topological polar surface area (TPSA) is 90.7 Å². The normalized spacial score (nSPS) is 10.3. The Balaban J connectivity index is 2.32. The van der Waals surface area contributed by atoms with Crippen molar-refractivity contribution in [3.63, 3.8) is 0 Å². The van der Waals surface area contributed by atoms with Crippen LogP contribution in [-0.2, 0) is 0 Å². The first kappa shape index (κ1) is 19.7. The van der Waals surface area contributed by atoms with Gasteiger partial charge in [-0.05, 0) is 54.9 Å². The van der Waals surface area contributed by atoms with Crippen molar-refractivity contribution in [2.45, 2.75) is 20.8 Å². The molecule has 2 aromatic rings. The van der Waals surface area contributed by atoms with Gasteiger partial charge in [-0.2, -0.15) is 0 Å². The number of hydrogen-bond donors (Lipinski definition) is 1. The highest BCUT2D eigenvalue weighted by Crippen LogP contribution is 2.37. The number of aryl methyl sites for hydroxylation is 1. The molecular weight excluding hydrogens is 404 g/mol. The summed E-state index contributed by atoms with van der Waals surface area (Å²) in [7, 11) is 0. The third kappa shape index (κ3) is 4.51. The Bertz CT molecular complexity index is 839. The Kier molecular flexibility index (Phi) is 6.57. The van der Waals surface area contributed by atoms with Gasteiger partial charge in [0, 0.05) is 22.9 Å². The molecule has 2 rings (SSSR count). The van der Waals surface area contributed by atoms with E-state index in [2.05, 4.69) is 21.2 Å². The summed E-state index contributed by atoms with van der Waals surface area (Å²) >= 11 is 3.39. The highest BCUT2D eigenvalue weighted by Gasteiger charge is 2.17. The smallest absolute Gasteiger partial charge is 0.274 e. The van der Waals surface area contributed by atoms with Crippen molar-refractivity contribution in [1.82, 2.24) is 0 Å². The maximum Gasteiger partial charge on any atom is 0.274 e. The number of halogens is 1. The molecule has 0 bridgehead atoms. The van der Waals surface area contributed by atoms with Crippen LogP contribution in [0.15, 0.2) is 34.8 Å². The van der Waals surface area contributed by atoms with Crippen molar-refractivity contribution < 1.29 is 19.2 Å². The summed E-state index contributed by atoms with van der Waals surface area (Å²) in [6.07, 6.45) is 0. The van der Waals surface area contributed by atoms with Gasteiger partial charge in [-0.1, -0.05) is 6.07 Å². The maximum absolute atomic E-state index is 12.6. The molecular formula is C18H19BrN2O5. The Morgan fingerprint density at radius 1 is 1.19 bits per heavy atom. The molecule has 1 N–H and O–H groups in total. The van der Waals surface area contributed by atoms with E-state index in [4.69, 9.17) is 9.47 Å². The Labute approximate surface area is 159 Å². The van der Waals surface area contributed by atoms with Gasteiger partial charge in [0.2, 0.25) is 0 Å². The average molecular weight is 423 g/mol. The summed E-state index contributed by atoms with van der Waals surface area (Å²) in [6.45, 7) is 6.20. The van der Waals surface area contributed by atoms with Gasteiger partial charge >= 0.3 is 0 Å². The van der Waals surface area contributed by atoms with Crippen LogP contribution in [-0.4, -0.2) is 24.0 Å². The molecule has 0 aliphatic heterocycles. The van der Waals surface area contributed by atoms with Crippen molar-refractivity contribution in [2.75, 3.05) is 18.5 Å². The van der Waals surface area contributed by atoms with Crippen molar-refractivity contribution in [1.29, 1.82) is 0 Å². The maximum atomic E-state index is 12.6. The van der Waals surface area contributed by atoms with E-state index in [1.165, 1.54) is 6.07 Å². The van der Waals surface area contributed by atoms with Crippen LogP contribution in [0.1, 0.15) is 29.8 Å². The molecule has 8 heteroatoms. The van der Waals surface area contributed by atoms with E-state index in [-0.39, 0.29) is 5.69 Å². The number of nitro groups is 1. The van der Waals surface area contributed by atoms with E-state index in [9.17, 15) is 14.9 Å². The first-order valence-corrected chi connectivity index (χ1v) is 8.82. The van der Waals surface area contributed by atoms with Crippen molar-refractivity contribution in [2.24, 2.45) is 0 Å². The lowest BCUT2D eigenvalue weighted by molar-refractivity contribution is -0.385. The zero-order valence-corrected chi connectivity index (χ0v) is 16.3. The molecule has 0 aromatic heterocycles. The van der Waals surface area contributed by atoms with E-state index in [0.717, 1.165) is 0 Å². The van der Waals surface area contributed by atoms with Crippen LogP contribution in [0.4, 0.5) is 11.4 Å². The van der Waals surface area contributed by atoms with Crippen LogP contribution in [0, 0.1) is 17.0 Å². The lowest BCUT2D eigenvalue weighted by Gasteiger charge is -2.14. The fourth-order valence-corrected chi connectivity index (χ4v) is 2.89. The van der Waals surface area contributed by atoms with Gasteiger partial charge in [0.25, 0.3) is 11.6 Å². The number of carbonyl (C=O) groups excluding carboxylic acids is 1. The van der Waals surface area contributed by atoms with E-state index < -0.39 is 10.8 Å². The number of rotatable bonds is 7. The highest BCUT2D eigenvalue weighted by atomic mass is 79.9. The van der Waals surface area contributed by atoms with Crippen LogP contribution in [0.25, 0.3) is 0 Å². The molecule has 1 amide bonds. The monoisotopic (exact) mass is 422 g/mol. The van der Waals surface area contributed by atoms with E-state index in [1.807, 2.05) is 13.8 Å². The zero-order valence-electron chi connectivity index (χ0n) is 14.7. The third-order valence-corrected chi connectivity index (χ3v) is 4.11. The van der Waals surface area contributed by atoms with Crippen LogP contribution in [0.2, 0.25) is 0 Å². The predicted octanol–water partition coefficient (Wildman–Crippen LogP) is 4.72. The lowest BCUT2D eigenvalue weighted by atomic mass is 10.1. The highest BCUT2D eigenvalue weighted by molar-refractivity contribution is 9.10. The van der Waals surface area contributed by atoms with Crippen molar-refractivity contribution in [3.05, 3.63) is 56.0 Å². The minimum Gasteiger partial charge on any atom is -0.490 e. The fourth-order valence-electron chi connectivity index (χ4n) is 2.33.